The number of hydrogen-bond donors (Lipinski definition) is 1. The Morgan fingerprint density at radius 1 is 1.14 bits per heavy atom. The lowest BCUT2D eigenvalue weighted by molar-refractivity contribution is 1.13. The fourth-order valence-electron chi connectivity index (χ4n) is 1.50. The Bertz CT molecular complexity index is 443. The lowest BCUT2D eigenvalue weighted by Crippen LogP contribution is -1.80. The number of aryl methyl sites for hydroxylation is 2. The van der Waals surface area contributed by atoms with Crippen LogP contribution >= 0.6 is 15.9 Å². The highest BCUT2D eigenvalue weighted by Gasteiger charge is 2.05. The molecule has 0 amide bonds. The first-order valence-electron chi connectivity index (χ1n) is 4.46. The molecule has 2 nitrogen and oxygen atoms in total. The van der Waals surface area contributed by atoms with Crippen LogP contribution in [0.15, 0.2) is 28.7 Å². The molecule has 2 aromatic rings. The zero-order valence-electron chi connectivity index (χ0n) is 8.13. The first kappa shape index (κ1) is 9.46. The molecule has 0 aliphatic rings. The Balaban J connectivity index is 2.49. The minimum Gasteiger partial charge on any atom is -0.346 e. The van der Waals surface area contributed by atoms with Gasteiger partial charge in [-0.1, -0.05) is 28.1 Å². The van der Waals surface area contributed by atoms with Gasteiger partial charge in [-0.05, 0) is 26.0 Å². The van der Waals surface area contributed by atoms with Crippen molar-refractivity contribution in [3.05, 3.63) is 40.3 Å². The third kappa shape index (κ3) is 1.73. The first-order chi connectivity index (χ1) is 6.66. The Kier molecular flexibility index (Phi) is 2.42. The average molecular weight is 251 g/mol. The Labute approximate surface area is 91.5 Å². The molecule has 0 radical (unpaired) electrons. The molecular formula is C11H11BrN2. The van der Waals surface area contributed by atoms with Crippen LogP contribution in [0.2, 0.25) is 0 Å². The molecule has 0 saturated carbocycles. The van der Waals surface area contributed by atoms with E-state index in [2.05, 4.69) is 38.0 Å². The van der Waals surface area contributed by atoms with Gasteiger partial charge in [-0.3, -0.25) is 0 Å². The molecule has 0 fully saturated rings. The summed E-state index contributed by atoms with van der Waals surface area (Å²) in [6, 6.07) is 8.18. The number of H-pyrrole nitrogens is 1. The van der Waals surface area contributed by atoms with Gasteiger partial charge in [0.2, 0.25) is 0 Å². The lowest BCUT2D eigenvalue weighted by Gasteiger charge is -1.98. The van der Waals surface area contributed by atoms with E-state index in [-0.39, 0.29) is 0 Å². The number of nitrogens with one attached hydrogen (secondary N) is 1. The molecule has 0 saturated heterocycles. The smallest absolute Gasteiger partial charge is 0.103 e. The number of aromatic amines is 1. The molecule has 2 rings (SSSR count). The number of nitrogens with zero attached hydrogens (tertiary/aromatic N) is 1. The van der Waals surface area contributed by atoms with Crippen LogP contribution in [0.1, 0.15) is 11.5 Å². The van der Waals surface area contributed by atoms with Crippen molar-refractivity contribution >= 4 is 15.9 Å². The van der Waals surface area contributed by atoms with E-state index >= 15 is 0 Å². The first-order valence-corrected chi connectivity index (χ1v) is 5.25. The minimum absolute atomic E-state index is 0.959. The molecule has 14 heavy (non-hydrogen) atoms. The highest BCUT2D eigenvalue weighted by atomic mass is 79.9. The Hall–Kier alpha value is -1.09. The van der Waals surface area contributed by atoms with Crippen LogP contribution in [-0.2, 0) is 0 Å². The van der Waals surface area contributed by atoms with E-state index in [1.807, 2.05) is 26.0 Å². The maximum absolute atomic E-state index is 4.44. The second-order valence-electron chi connectivity index (χ2n) is 3.30. The standard InChI is InChI=1S/C11H11BrN2/c1-7-11(14-8(2)13-7)9-3-5-10(12)6-4-9/h3-6H,1-2H3,(H,13,14). The summed E-state index contributed by atoms with van der Waals surface area (Å²) >= 11 is 3.41. The Morgan fingerprint density at radius 3 is 2.29 bits per heavy atom. The van der Waals surface area contributed by atoms with Gasteiger partial charge in [0.15, 0.2) is 0 Å². The highest BCUT2D eigenvalue weighted by molar-refractivity contribution is 9.10. The van der Waals surface area contributed by atoms with E-state index in [9.17, 15) is 0 Å². The van der Waals surface area contributed by atoms with Gasteiger partial charge in [-0.15, -0.1) is 0 Å². The number of hydrogen-bond acceptors (Lipinski definition) is 1. The number of rotatable bonds is 1. The van der Waals surface area contributed by atoms with Crippen molar-refractivity contribution < 1.29 is 0 Å². The van der Waals surface area contributed by atoms with Crippen molar-refractivity contribution in [1.29, 1.82) is 0 Å². The van der Waals surface area contributed by atoms with Crippen LogP contribution in [0.5, 0.6) is 0 Å². The molecule has 1 heterocycles. The summed E-state index contributed by atoms with van der Waals surface area (Å²) < 4.78 is 1.09. The van der Waals surface area contributed by atoms with Gasteiger partial charge in [0, 0.05) is 15.7 Å². The van der Waals surface area contributed by atoms with Crippen molar-refractivity contribution in [2.45, 2.75) is 13.8 Å². The fraction of sp³-hybridized carbons (Fsp3) is 0.182. The van der Waals surface area contributed by atoms with Gasteiger partial charge in [0.25, 0.3) is 0 Å². The minimum atomic E-state index is 0.959. The average Bonchev–Trinajstić information content (AvgIpc) is 2.47. The van der Waals surface area contributed by atoms with E-state index in [0.717, 1.165) is 27.2 Å². The van der Waals surface area contributed by atoms with E-state index in [0.29, 0.717) is 0 Å². The molecule has 72 valence electrons. The molecule has 0 atom stereocenters. The van der Waals surface area contributed by atoms with Gasteiger partial charge in [0.05, 0.1) is 5.69 Å². The van der Waals surface area contributed by atoms with Gasteiger partial charge >= 0.3 is 0 Å². The summed E-state index contributed by atoms with van der Waals surface area (Å²) in [6.45, 7) is 4.01. The van der Waals surface area contributed by atoms with Gasteiger partial charge in [0.1, 0.15) is 5.82 Å². The molecule has 1 aromatic heterocycles. The zero-order valence-corrected chi connectivity index (χ0v) is 9.72. The summed E-state index contributed by atoms with van der Waals surface area (Å²) in [5, 5.41) is 0. The van der Waals surface area contributed by atoms with Crippen LogP contribution in [0.4, 0.5) is 0 Å². The molecule has 0 bridgehead atoms. The van der Waals surface area contributed by atoms with E-state index < -0.39 is 0 Å². The second kappa shape index (κ2) is 3.58. The van der Waals surface area contributed by atoms with Crippen LogP contribution in [0.25, 0.3) is 11.3 Å². The Morgan fingerprint density at radius 2 is 1.79 bits per heavy atom. The summed E-state index contributed by atoms with van der Waals surface area (Å²) in [6.07, 6.45) is 0. The van der Waals surface area contributed by atoms with Crippen LogP contribution < -0.4 is 0 Å². The molecule has 0 unspecified atom stereocenters. The third-order valence-corrected chi connectivity index (χ3v) is 2.65. The van der Waals surface area contributed by atoms with Gasteiger partial charge in [-0.25, -0.2) is 4.98 Å². The van der Waals surface area contributed by atoms with Gasteiger partial charge < -0.3 is 4.98 Å². The zero-order chi connectivity index (χ0) is 10.1. The van der Waals surface area contributed by atoms with Crippen LogP contribution in [0.3, 0.4) is 0 Å². The molecule has 1 aromatic carbocycles. The maximum Gasteiger partial charge on any atom is 0.103 e. The summed E-state index contributed by atoms with van der Waals surface area (Å²) in [7, 11) is 0. The van der Waals surface area contributed by atoms with Crippen molar-refractivity contribution in [1.82, 2.24) is 9.97 Å². The number of benzene rings is 1. The van der Waals surface area contributed by atoms with Crippen molar-refractivity contribution in [2.75, 3.05) is 0 Å². The summed E-state index contributed by atoms with van der Waals surface area (Å²) in [5.74, 6) is 0.959. The topological polar surface area (TPSA) is 28.7 Å². The molecule has 0 spiro atoms. The quantitative estimate of drug-likeness (QED) is 0.826. The predicted octanol–water partition coefficient (Wildman–Crippen LogP) is 3.46. The second-order valence-corrected chi connectivity index (χ2v) is 4.22. The largest absolute Gasteiger partial charge is 0.346 e. The molecule has 1 N–H and O–H groups in total. The number of aromatic nitrogens is 2. The van der Waals surface area contributed by atoms with Crippen molar-refractivity contribution in [3.63, 3.8) is 0 Å². The fourth-order valence-corrected chi connectivity index (χ4v) is 1.76. The molecule has 0 aliphatic carbocycles. The summed E-state index contributed by atoms with van der Waals surface area (Å²) in [4.78, 5) is 7.64. The number of imidazole rings is 1. The van der Waals surface area contributed by atoms with Crippen molar-refractivity contribution in [3.8, 4) is 11.3 Å². The number of halogens is 1. The highest BCUT2D eigenvalue weighted by Crippen LogP contribution is 2.22. The predicted molar refractivity (Wildman–Crippen MR) is 61.2 cm³/mol. The van der Waals surface area contributed by atoms with Crippen molar-refractivity contribution in [2.24, 2.45) is 0 Å². The maximum atomic E-state index is 4.44. The van der Waals surface area contributed by atoms with Crippen LogP contribution in [-0.4, -0.2) is 9.97 Å². The van der Waals surface area contributed by atoms with E-state index in [1.165, 1.54) is 0 Å². The third-order valence-electron chi connectivity index (χ3n) is 2.12. The molecule has 0 aliphatic heterocycles. The lowest BCUT2D eigenvalue weighted by atomic mass is 10.1. The van der Waals surface area contributed by atoms with Crippen LogP contribution in [0, 0.1) is 13.8 Å². The van der Waals surface area contributed by atoms with E-state index in [1.54, 1.807) is 0 Å². The molecular weight excluding hydrogens is 240 g/mol. The van der Waals surface area contributed by atoms with Gasteiger partial charge in [-0.2, -0.15) is 0 Å². The SMILES string of the molecule is Cc1nc(-c2ccc(Br)cc2)c(C)[nH]1. The molecule has 3 heteroatoms. The monoisotopic (exact) mass is 250 g/mol. The van der Waals surface area contributed by atoms with E-state index in [4.69, 9.17) is 0 Å². The normalized spacial score (nSPS) is 10.5. The summed E-state index contributed by atoms with van der Waals surface area (Å²) in [5.41, 5.74) is 3.30.